The minimum atomic E-state index is -4.24. The Kier molecular flexibility index (Phi) is 8.52. The van der Waals surface area contributed by atoms with E-state index < -0.39 is 56.4 Å². The zero-order chi connectivity index (χ0) is 31.2. The third-order valence-corrected chi connectivity index (χ3v) is 11.6. The maximum absolute atomic E-state index is 14.5. The molecule has 0 bridgehead atoms. The van der Waals surface area contributed by atoms with E-state index >= 15 is 0 Å². The van der Waals surface area contributed by atoms with Gasteiger partial charge in [-0.1, -0.05) is 59.6 Å². The number of morpholine rings is 1. The molecule has 6 nitrogen and oxygen atoms in total. The Bertz CT molecular complexity index is 1660. The molecule has 0 spiro atoms. The highest BCUT2D eigenvalue weighted by Crippen LogP contribution is 2.55. The van der Waals surface area contributed by atoms with Crippen LogP contribution < -0.4 is 4.72 Å². The van der Waals surface area contributed by atoms with Crippen LogP contribution in [0.2, 0.25) is 10.0 Å². The number of nitrogens with one attached hydrogen (secondary N) is 1. The zero-order valence-electron chi connectivity index (χ0n) is 23.8. The van der Waals surface area contributed by atoms with Crippen molar-refractivity contribution in [1.82, 2.24) is 4.90 Å². The first-order chi connectivity index (χ1) is 21.0. The Balaban J connectivity index is 1.43. The van der Waals surface area contributed by atoms with Crippen molar-refractivity contribution < 1.29 is 26.7 Å². The lowest BCUT2D eigenvalue weighted by Crippen LogP contribution is -2.56. The van der Waals surface area contributed by atoms with E-state index in [-0.39, 0.29) is 24.7 Å². The van der Waals surface area contributed by atoms with Crippen LogP contribution in [0.3, 0.4) is 0 Å². The van der Waals surface area contributed by atoms with E-state index in [1.165, 1.54) is 6.07 Å². The molecule has 3 aromatic carbocycles. The van der Waals surface area contributed by atoms with Gasteiger partial charge in [-0.05, 0) is 85.5 Å². The Labute approximate surface area is 266 Å². The summed E-state index contributed by atoms with van der Waals surface area (Å²) in [5.41, 5.74) is 0.842. The van der Waals surface area contributed by atoms with Gasteiger partial charge < -0.3 is 9.64 Å². The SMILES string of the molecule is C=CC[C@@H]1O[C@H](c2cccc(Cl)c2)[C@@H](c2ccc(Cl)cc2)N([C@@H](CC2(S(=O)(=O)Nc3c(F)cccc3F)CC2)C2CC2)C1=O. The number of amides is 1. The molecule has 1 amide bonds. The molecule has 4 atom stereocenters. The quantitative estimate of drug-likeness (QED) is 0.212. The highest BCUT2D eigenvalue weighted by molar-refractivity contribution is 7.94. The number of ether oxygens (including phenoxy) is 1. The number of hydrogen-bond acceptors (Lipinski definition) is 4. The van der Waals surface area contributed by atoms with Gasteiger partial charge in [-0.25, -0.2) is 17.2 Å². The fourth-order valence-corrected chi connectivity index (χ4v) is 8.32. The number of carbonyl (C=O) groups excluding carboxylic acids is 1. The summed E-state index contributed by atoms with van der Waals surface area (Å²) >= 11 is 12.6. The van der Waals surface area contributed by atoms with Crippen molar-refractivity contribution in [3.8, 4) is 0 Å². The minimum absolute atomic E-state index is 0.0501. The molecule has 6 rings (SSSR count). The summed E-state index contributed by atoms with van der Waals surface area (Å²) in [6, 6.07) is 16.5. The molecule has 44 heavy (non-hydrogen) atoms. The van der Waals surface area contributed by atoms with Crippen LogP contribution in [0.1, 0.15) is 61.8 Å². The molecule has 1 aliphatic heterocycles. The number of para-hydroxylation sites is 1. The van der Waals surface area contributed by atoms with Crippen molar-refractivity contribution in [1.29, 1.82) is 0 Å². The second-order valence-electron chi connectivity index (χ2n) is 11.9. The first kappa shape index (κ1) is 31.0. The minimum Gasteiger partial charge on any atom is -0.358 e. The molecule has 11 heteroatoms. The number of hydrogen-bond donors (Lipinski definition) is 1. The number of anilines is 1. The van der Waals surface area contributed by atoms with Gasteiger partial charge in [-0.3, -0.25) is 9.52 Å². The third kappa shape index (κ3) is 5.99. The van der Waals surface area contributed by atoms with E-state index in [0.717, 1.165) is 36.1 Å². The van der Waals surface area contributed by atoms with Crippen molar-refractivity contribution in [2.75, 3.05) is 4.72 Å². The number of sulfonamides is 1. The van der Waals surface area contributed by atoms with E-state index in [0.29, 0.717) is 22.9 Å². The van der Waals surface area contributed by atoms with Crippen LogP contribution >= 0.6 is 23.2 Å². The standard InChI is InChI=1S/C33H32Cl2F2N2O4S/c1-2-5-28-32(40)39(30(21-12-14-23(34)15-13-21)31(43-28)22-6-3-7-24(35)18-22)27(20-10-11-20)19-33(16-17-33)44(41,42)38-29-25(36)8-4-9-26(29)37/h2-4,6-9,12-15,18,20,27-28,30-31,38H,1,5,10-11,16-17,19H2/t27-,28-,30+,31+/m0/s1. The molecule has 2 aliphatic carbocycles. The summed E-state index contributed by atoms with van der Waals surface area (Å²) in [6.07, 6.45) is 2.78. The highest BCUT2D eigenvalue weighted by atomic mass is 35.5. The number of benzene rings is 3. The fraction of sp³-hybridized carbons (Fsp3) is 0.364. The van der Waals surface area contributed by atoms with E-state index in [2.05, 4.69) is 11.3 Å². The number of halogens is 4. The summed E-state index contributed by atoms with van der Waals surface area (Å²) in [4.78, 5) is 16.2. The van der Waals surface area contributed by atoms with Crippen LogP contribution in [0.25, 0.3) is 0 Å². The lowest BCUT2D eigenvalue weighted by molar-refractivity contribution is -0.180. The van der Waals surface area contributed by atoms with Crippen LogP contribution in [0, 0.1) is 17.6 Å². The van der Waals surface area contributed by atoms with Crippen LogP contribution in [-0.4, -0.2) is 36.1 Å². The average molecular weight is 662 g/mol. The van der Waals surface area contributed by atoms with Gasteiger partial charge in [0.05, 0.1) is 10.8 Å². The molecule has 1 N–H and O–H groups in total. The van der Waals surface area contributed by atoms with Crippen LogP contribution in [0.15, 0.2) is 79.4 Å². The summed E-state index contributed by atoms with van der Waals surface area (Å²) < 4.78 is 64.0. The molecule has 0 aromatic heterocycles. The average Bonchev–Trinajstić information content (AvgIpc) is 3.91. The van der Waals surface area contributed by atoms with Gasteiger partial charge in [-0.15, -0.1) is 6.58 Å². The Hall–Kier alpha value is -2.98. The normalized spacial score (nSPS) is 23.7. The first-order valence-electron chi connectivity index (χ1n) is 14.6. The van der Waals surface area contributed by atoms with E-state index in [1.54, 1.807) is 30.3 Å². The maximum Gasteiger partial charge on any atom is 0.252 e. The van der Waals surface area contributed by atoms with Gasteiger partial charge in [0.2, 0.25) is 10.0 Å². The van der Waals surface area contributed by atoms with Gasteiger partial charge in [0, 0.05) is 22.5 Å². The van der Waals surface area contributed by atoms with Crippen molar-refractivity contribution in [3.63, 3.8) is 0 Å². The Morgan fingerprint density at radius 3 is 2.25 bits per heavy atom. The summed E-state index contributed by atoms with van der Waals surface area (Å²) in [6.45, 7) is 3.83. The van der Waals surface area contributed by atoms with Crippen LogP contribution in [0.4, 0.5) is 14.5 Å². The number of nitrogens with zero attached hydrogens (tertiary/aromatic N) is 1. The van der Waals surface area contributed by atoms with Crippen molar-refractivity contribution in [2.24, 2.45) is 5.92 Å². The van der Waals surface area contributed by atoms with Gasteiger partial charge in [0.1, 0.15) is 29.5 Å². The Morgan fingerprint density at radius 2 is 1.66 bits per heavy atom. The second kappa shape index (κ2) is 12.1. The topological polar surface area (TPSA) is 75.7 Å². The smallest absolute Gasteiger partial charge is 0.252 e. The molecule has 1 saturated heterocycles. The number of carbonyl (C=O) groups is 1. The van der Waals surface area contributed by atoms with Gasteiger partial charge in [-0.2, -0.15) is 0 Å². The Morgan fingerprint density at radius 1 is 1.00 bits per heavy atom. The monoisotopic (exact) mass is 660 g/mol. The van der Waals surface area contributed by atoms with Gasteiger partial charge >= 0.3 is 0 Å². The molecule has 3 aliphatic rings. The molecule has 1 heterocycles. The maximum atomic E-state index is 14.5. The van der Waals surface area contributed by atoms with Crippen molar-refractivity contribution in [3.05, 3.63) is 112 Å². The summed E-state index contributed by atoms with van der Waals surface area (Å²) in [5.74, 6) is -2.20. The highest BCUT2D eigenvalue weighted by Gasteiger charge is 2.60. The predicted octanol–water partition coefficient (Wildman–Crippen LogP) is 8.00. The fourth-order valence-electron chi connectivity index (χ4n) is 6.29. The van der Waals surface area contributed by atoms with Crippen LogP contribution in [0.5, 0.6) is 0 Å². The van der Waals surface area contributed by atoms with Gasteiger partial charge in [0.15, 0.2) is 0 Å². The van der Waals surface area contributed by atoms with E-state index in [1.807, 2.05) is 29.2 Å². The molecule has 0 radical (unpaired) electrons. The molecular weight excluding hydrogens is 629 g/mol. The molecule has 232 valence electrons. The molecular formula is C33H32Cl2F2N2O4S. The number of rotatable bonds is 11. The first-order valence-corrected chi connectivity index (χ1v) is 16.8. The largest absolute Gasteiger partial charge is 0.358 e. The summed E-state index contributed by atoms with van der Waals surface area (Å²) in [5, 5.41) is 1.04. The molecule has 0 unspecified atom stereocenters. The molecule has 3 fully saturated rings. The molecule has 3 aromatic rings. The lowest BCUT2D eigenvalue weighted by Gasteiger charge is -2.49. The lowest BCUT2D eigenvalue weighted by atomic mass is 9.88. The predicted molar refractivity (Wildman–Crippen MR) is 167 cm³/mol. The van der Waals surface area contributed by atoms with Crippen molar-refractivity contribution >= 4 is 44.8 Å². The van der Waals surface area contributed by atoms with Gasteiger partial charge in [0.25, 0.3) is 5.91 Å². The van der Waals surface area contributed by atoms with Crippen molar-refractivity contribution in [2.45, 2.75) is 67.6 Å². The summed E-state index contributed by atoms with van der Waals surface area (Å²) in [7, 11) is -4.24. The van der Waals surface area contributed by atoms with Crippen LogP contribution in [-0.2, 0) is 19.6 Å². The second-order valence-corrected chi connectivity index (χ2v) is 14.8. The zero-order valence-corrected chi connectivity index (χ0v) is 26.1. The van der Waals surface area contributed by atoms with E-state index in [4.69, 9.17) is 27.9 Å². The molecule has 2 saturated carbocycles. The van der Waals surface area contributed by atoms with E-state index in [9.17, 15) is 22.0 Å². The third-order valence-electron chi connectivity index (χ3n) is 8.88.